The van der Waals surface area contributed by atoms with E-state index in [0.717, 1.165) is 17.0 Å². The summed E-state index contributed by atoms with van der Waals surface area (Å²) in [5.41, 5.74) is 9.04. The van der Waals surface area contributed by atoms with Crippen molar-refractivity contribution in [2.24, 2.45) is 0 Å². The van der Waals surface area contributed by atoms with Crippen molar-refractivity contribution in [1.29, 1.82) is 0 Å². The minimum absolute atomic E-state index is 0.860. The second kappa shape index (κ2) is 6.31. The molecule has 0 aliphatic rings. The van der Waals surface area contributed by atoms with E-state index in [1.54, 1.807) is 0 Å². The van der Waals surface area contributed by atoms with Crippen molar-refractivity contribution in [1.82, 2.24) is 0 Å². The molecule has 0 saturated carbocycles. The molecule has 0 radical (unpaired) electrons. The van der Waals surface area contributed by atoms with Crippen LogP contribution < -0.4 is 5.73 Å². The Hall–Kier alpha value is -1.67. The van der Waals surface area contributed by atoms with E-state index in [1.807, 2.05) is 30.8 Å². The molecule has 2 N–H and O–H groups in total. The van der Waals surface area contributed by atoms with Crippen LogP contribution in [0.1, 0.15) is 11.1 Å². The molecular weight excluding hydrogens is 238 g/mol. The van der Waals surface area contributed by atoms with Crippen molar-refractivity contribution in [3.05, 3.63) is 65.7 Å². The van der Waals surface area contributed by atoms with Gasteiger partial charge in [-0.25, -0.2) is 0 Å². The SMILES string of the molecule is Cc1cc(SCC=Cc2ccccc2)ccc1N. The van der Waals surface area contributed by atoms with Gasteiger partial charge >= 0.3 is 0 Å². The molecule has 92 valence electrons. The van der Waals surface area contributed by atoms with Crippen LogP contribution in [-0.2, 0) is 0 Å². The van der Waals surface area contributed by atoms with E-state index >= 15 is 0 Å². The number of aryl methyl sites for hydroxylation is 1. The molecule has 0 saturated heterocycles. The smallest absolute Gasteiger partial charge is 0.0344 e. The molecule has 0 fully saturated rings. The molecule has 2 heteroatoms. The first-order valence-corrected chi connectivity index (χ1v) is 6.95. The van der Waals surface area contributed by atoms with Gasteiger partial charge in [-0.2, -0.15) is 0 Å². The van der Waals surface area contributed by atoms with Crippen LogP contribution in [0.4, 0.5) is 5.69 Å². The summed E-state index contributed by atoms with van der Waals surface area (Å²) in [6.45, 7) is 2.04. The highest BCUT2D eigenvalue weighted by Crippen LogP contribution is 2.22. The summed E-state index contributed by atoms with van der Waals surface area (Å²) in [7, 11) is 0. The van der Waals surface area contributed by atoms with Gasteiger partial charge in [-0.05, 0) is 36.2 Å². The van der Waals surface area contributed by atoms with Gasteiger partial charge in [0.05, 0.1) is 0 Å². The first kappa shape index (κ1) is 12.8. The Morgan fingerprint density at radius 3 is 2.61 bits per heavy atom. The number of anilines is 1. The van der Waals surface area contributed by atoms with Crippen molar-refractivity contribution in [3.8, 4) is 0 Å². The molecule has 0 heterocycles. The standard InChI is InChI=1S/C16H17NS/c1-13-12-15(9-10-16(13)17)18-11-5-8-14-6-3-2-4-7-14/h2-10,12H,11,17H2,1H3. The summed E-state index contributed by atoms with van der Waals surface area (Å²) in [6, 6.07) is 16.5. The molecule has 2 aromatic rings. The fourth-order valence-corrected chi connectivity index (χ4v) is 2.44. The van der Waals surface area contributed by atoms with Gasteiger partial charge in [0.25, 0.3) is 0 Å². The average Bonchev–Trinajstić information content (AvgIpc) is 2.40. The lowest BCUT2D eigenvalue weighted by Gasteiger charge is -2.03. The van der Waals surface area contributed by atoms with Gasteiger partial charge in [0, 0.05) is 16.3 Å². The monoisotopic (exact) mass is 255 g/mol. The van der Waals surface area contributed by atoms with Gasteiger partial charge in [0.15, 0.2) is 0 Å². The number of nitrogens with two attached hydrogens (primary N) is 1. The zero-order valence-electron chi connectivity index (χ0n) is 10.5. The molecule has 0 spiro atoms. The molecule has 0 unspecified atom stereocenters. The number of rotatable bonds is 4. The van der Waals surface area contributed by atoms with E-state index in [9.17, 15) is 0 Å². The molecule has 2 rings (SSSR count). The Balaban J connectivity index is 1.89. The minimum Gasteiger partial charge on any atom is -0.399 e. The van der Waals surface area contributed by atoms with Crippen molar-refractivity contribution in [3.63, 3.8) is 0 Å². The quantitative estimate of drug-likeness (QED) is 0.648. The second-order valence-electron chi connectivity index (χ2n) is 4.14. The third kappa shape index (κ3) is 3.67. The van der Waals surface area contributed by atoms with E-state index in [2.05, 4.69) is 48.6 Å². The molecule has 18 heavy (non-hydrogen) atoms. The average molecular weight is 255 g/mol. The maximum atomic E-state index is 5.80. The number of nitrogen functional groups attached to an aromatic ring is 1. The summed E-state index contributed by atoms with van der Waals surface area (Å²) in [5.74, 6) is 0.970. The van der Waals surface area contributed by atoms with Gasteiger partial charge in [0.1, 0.15) is 0 Å². The van der Waals surface area contributed by atoms with Crippen LogP contribution in [0.3, 0.4) is 0 Å². The fourth-order valence-electron chi connectivity index (χ4n) is 1.63. The van der Waals surface area contributed by atoms with Crippen LogP contribution in [0.15, 0.2) is 59.5 Å². The van der Waals surface area contributed by atoms with Gasteiger partial charge in [0.2, 0.25) is 0 Å². The van der Waals surface area contributed by atoms with E-state index in [-0.39, 0.29) is 0 Å². The lowest BCUT2D eigenvalue weighted by atomic mass is 10.2. The van der Waals surface area contributed by atoms with Gasteiger partial charge < -0.3 is 5.73 Å². The molecule has 0 atom stereocenters. The number of hydrogen-bond acceptors (Lipinski definition) is 2. The molecule has 0 aliphatic heterocycles. The number of thioether (sulfide) groups is 1. The molecule has 0 amide bonds. The number of hydrogen-bond donors (Lipinski definition) is 1. The third-order valence-electron chi connectivity index (χ3n) is 2.70. The normalized spacial score (nSPS) is 10.9. The van der Waals surface area contributed by atoms with Gasteiger partial charge in [-0.1, -0.05) is 42.5 Å². The van der Waals surface area contributed by atoms with Crippen molar-refractivity contribution >= 4 is 23.5 Å². The maximum Gasteiger partial charge on any atom is 0.0344 e. The molecule has 0 bridgehead atoms. The van der Waals surface area contributed by atoms with Crippen LogP contribution in [0.5, 0.6) is 0 Å². The van der Waals surface area contributed by atoms with Crippen LogP contribution in [0, 0.1) is 6.92 Å². The van der Waals surface area contributed by atoms with Crippen LogP contribution in [0.25, 0.3) is 6.08 Å². The maximum absolute atomic E-state index is 5.80. The van der Waals surface area contributed by atoms with Crippen molar-refractivity contribution < 1.29 is 0 Å². The topological polar surface area (TPSA) is 26.0 Å². The minimum atomic E-state index is 0.860. The number of benzene rings is 2. The second-order valence-corrected chi connectivity index (χ2v) is 5.24. The van der Waals surface area contributed by atoms with E-state index in [4.69, 9.17) is 5.73 Å². The highest BCUT2D eigenvalue weighted by Gasteiger charge is 1.96. The Labute approximate surface area is 113 Å². The molecule has 0 aliphatic carbocycles. The summed E-state index contributed by atoms with van der Waals surface area (Å²) >= 11 is 1.82. The first-order valence-electron chi connectivity index (χ1n) is 5.96. The zero-order chi connectivity index (χ0) is 12.8. The summed E-state index contributed by atoms with van der Waals surface area (Å²) < 4.78 is 0. The molecule has 1 nitrogen and oxygen atoms in total. The molecule has 0 aromatic heterocycles. The summed E-state index contributed by atoms with van der Waals surface area (Å²) in [6.07, 6.45) is 4.34. The van der Waals surface area contributed by atoms with Crippen LogP contribution in [-0.4, -0.2) is 5.75 Å². The lowest BCUT2D eigenvalue weighted by molar-refractivity contribution is 1.36. The largest absolute Gasteiger partial charge is 0.399 e. The van der Waals surface area contributed by atoms with Gasteiger partial charge in [-0.15, -0.1) is 11.8 Å². The Bertz CT molecular complexity index is 532. The predicted molar refractivity (Wildman–Crippen MR) is 81.8 cm³/mol. The van der Waals surface area contributed by atoms with Crippen LogP contribution in [0.2, 0.25) is 0 Å². The zero-order valence-corrected chi connectivity index (χ0v) is 11.3. The highest BCUT2D eigenvalue weighted by molar-refractivity contribution is 7.99. The lowest BCUT2D eigenvalue weighted by Crippen LogP contribution is -1.88. The summed E-state index contributed by atoms with van der Waals surface area (Å²) in [5, 5.41) is 0. The third-order valence-corrected chi connectivity index (χ3v) is 3.64. The van der Waals surface area contributed by atoms with E-state index < -0.39 is 0 Å². The Kier molecular flexibility index (Phi) is 4.48. The van der Waals surface area contributed by atoms with E-state index in [0.29, 0.717) is 0 Å². The van der Waals surface area contributed by atoms with Crippen molar-refractivity contribution in [2.75, 3.05) is 11.5 Å². The molecule has 2 aromatic carbocycles. The predicted octanol–water partition coefficient (Wildman–Crippen LogP) is 4.38. The Morgan fingerprint density at radius 2 is 1.89 bits per heavy atom. The van der Waals surface area contributed by atoms with E-state index in [1.165, 1.54) is 10.5 Å². The summed E-state index contributed by atoms with van der Waals surface area (Å²) in [4.78, 5) is 1.26. The van der Waals surface area contributed by atoms with Crippen molar-refractivity contribution in [2.45, 2.75) is 11.8 Å². The Morgan fingerprint density at radius 1 is 1.11 bits per heavy atom. The molecular formula is C16H17NS. The highest BCUT2D eigenvalue weighted by atomic mass is 32.2. The van der Waals surface area contributed by atoms with Crippen LogP contribution >= 0.6 is 11.8 Å². The van der Waals surface area contributed by atoms with Gasteiger partial charge in [-0.3, -0.25) is 0 Å². The first-order chi connectivity index (χ1) is 8.75. The fraction of sp³-hybridized carbons (Fsp3) is 0.125.